The first-order valence-electron chi connectivity index (χ1n) is 14.1. The summed E-state index contributed by atoms with van der Waals surface area (Å²) < 4.78 is 6.62. The zero-order valence-electron chi connectivity index (χ0n) is 22.8. The molecule has 1 heterocycles. The Bertz CT molecular complexity index is 953. The van der Waals surface area contributed by atoms with E-state index in [9.17, 15) is 20.4 Å². The predicted molar refractivity (Wildman–Crippen MR) is 134 cm³/mol. The summed E-state index contributed by atoms with van der Waals surface area (Å²) in [5.41, 5.74) is -1.99. The van der Waals surface area contributed by atoms with Crippen molar-refractivity contribution < 1.29 is 25.2 Å². The molecule has 0 aromatic carbocycles. The Hall–Kier alpha value is -0.460. The van der Waals surface area contributed by atoms with Gasteiger partial charge in [-0.3, -0.25) is 0 Å². The molecule has 12 atom stereocenters. The molecule has 5 aliphatic carbocycles. The molecule has 0 aromatic heterocycles. The highest BCUT2D eigenvalue weighted by molar-refractivity contribution is 5.40. The average molecular weight is 489 g/mol. The summed E-state index contributed by atoms with van der Waals surface area (Å²) in [4.78, 5) is 0. The maximum absolute atomic E-state index is 11.7. The minimum absolute atomic E-state index is 0.0573. The lowest BCUT2D eigenvalue weighted by Crippen LogP contribution is -2.61. The van der Waals surface area contributed by atoms with Crippen molar-refractivity contribution in [2.75, 3.05) is 0 Å². The van der Waals surface area contributed by atoms with Gasteiger partial charge in [0.15, 0.2) is 0 Å². The second kappa shape index (κ2) is 6.75. The van der Waals surface area contributed by atoms with E-state index in [1.54, 1.807) is 0 Å². The number of rotatable bonds is 2. The van der Waals surface area contributed by atoms with Crippen LogP contribution in [0.3, 0.4) is 0 Å². The zero-order valence-corrected chi connectivity index (χ0v) is 22.8. The molecule has 5 nitrogen and oxygen atoms in total. The summed E-state index contributed by atoms with van der Waals surface area (Å²) >= 11 is 0. The van der Waals surface area contributed by atoms with Gasteiger partial charge in [-0.05, 0) is 105 Å². The third-order valence-electron chi connectivity index (χ3n) is 13.2. The van der Waals surface area contributed by atoms with Crippen LogP contribution in [0.4, 0.5) is 0 Å². The van der Waals surface area contributed by atoms with E-state index in [4.69, 9.17) is 4.74 Å². The molecule has 0 amide bonds. The van der Waals surface area contributed by atoms with Gasteiger partial charge >= 0.3 is 0 Å². The van der Waals surface area contributed by atoms with Crippen molar-refractivity contribution in [2.24, 2.45) is 44.8 Å². The van der Waals surface area contributed by atoms with E-state index in [0.29, 0.717) is 5.92 Å². The fourth-order valence-electron chi connectivity index (χ4n) is 11.4. The molecule has 4 N–H and O–H groups in total. The van der Waals surface area contributed by atoms with Gasteiger partial charge in [0.05, 0.1) is 35.6 Å². The van der Waals surface area contributed by atoms with Crippen LogP contribution in [-0.2, 0) is 4.74 Å². The molecule has 1 aliphatic heterocycles. The Balaban J connectivity index is 1.41. The zero-order chi connectivity index (χ0) is 25.6. The van der Waals surface area contributed by atoms with Crippen molar-refractivity contribution in [3.63, 3.8) is 0 Å². The monoisotopic (exact) mass is 488 g/mol. The molecule has 0 unspecified atom stereocenters. The molecule has 5 heteroatoms. The van der Waals surface area contributed by atoms with Gasteiger partial charge < -0.3 is 25.2 Å². The number of hydrogen-bond donors (Lipinski definition) is 4. The molecule has 0 radical (unpaired) electrons. The van der Waals surface area contributed by atoms with E-state index in [0.717, 1.165) is 44.9 Å². The first-order chi connectivity index (χ1) is 16.0. The van der Waals surface area contributed by atoms with Crippen LogP contribution in [0.1, 0.15) is 93.4 Å². The minimum atomic E-state index is -0.904. The summed E-state index contributed by atoms with van der Waals surface area (Å²) in [6.07, 6.45) is 9.42. The largest absolute Gasteiger partial charge is 0.393 e. The Morgan fingerprint density at radius 2 is 1.57 bits per heavy atom. The SMILES string of the molecule is CC(C)(O)[C@@H]1CC[C@](C)([C@H]2[C@@H](O)C[C@@]3(C)[C@@H]4C[C@H](O)[C@H]5C(C)(C)[C@@H](O)CC[C@@]56C[C@@]46C=C[C@]23C)O1. The van der Waals surface area contributed by atoms with Gasteiger partial charge in [0, 0.05) is 5.92 Å². The van der Waals surface area contributed by atoms with Crippen LogP contribution in [0.5, 0.6) is 0 Å². The molecule has 6 rings (SSSR count). The molecule has 0 bridgehead atoms. The molecule has 1 saturated heterocycles. The summed E-state index contributed by atoms with van der Waals surface area (Å²) in [5, 5.41) is 44.9. The van der Waals surface area contributed by atoms with Gasteiger partial charge in [-0.15, -0.1) is 0 Å². The van der Waals surface area contributed by atoms with Gasteiger partial charge in [0.1, 0.15) is 0 Å². The van der Waals surface area contributed by atoms with E-state index in [2.05, 4.69) is 46.8 Å². The maximum Gasteiger partial charge on any atom is 0.0865 e. The van der Waals surface area contributed by atoms with Crippen molar-refractivity contribution in [1.82, 2.24) is 0 Å². The lowest BCUT2D eigenvalue weighted by atomic mass is 9.43. The Morgan fingerprint density at radius 1 is 0.886 bits per heavy atom. The number of fused-ring (bicyclic) bond motifs is 2. The number of allylic oxidation sites excluding steroid dienone is 2. The second-order valence-electron chi connectivity index (χ2n) is 15.5. The maximum atomic E-state index is 11.7. The Labute approximate surface area is 211 Å². The fourth-order valence-corrected chi connectivity index (χ4v) is 11.4. The van der Waals surface area contributed by atoms with Crippen molar-refractivity contribution in [1.29, 1.82) is 0 Å². The summed E-state index contributed by atoms with van der Waals surface area (Å²) in [7, 11) is 0. The topological polar surface area (TPSA) is 90.2 Å². The highest BCUT2D eigenvalue weighted by Crippen LogP contribution is 2.87. The van der Waals surface area contributed by atoms with Crippen LogP contribution < -0.4 is 0 Å². The van der Waals surface area contributed by atoms with Gasteiger partial charge in [-0.2, -0.15) is 0 Å². The molecule has 0 aromatic rings. The number of aliphatic hydroxyl groups excluding tert-OH is 3. The normalized spacial score (nSPS) is 60.5. The number of hydrogen-bond acceptors (Lipinski definition) is 5. The average Bonchev–Trinajstić information content (AvgIpc) is 3.08. The van der Waals surface area contributed by atoms with Gasteiger partial charge in [-0.1, -0.05) is 39.8 Å². The molecule has 4 saturated carbocycles. The van der Waals surface area contributed by atoms with Crippen LogP contribution in [0.15, 0.2) is 12.2 Å². The molecule has 35 heavy (non-hydrogen) atoms. The van der Waals surface area contributed by atoms with Crippen LogP contribution in [-0.4, -0.2) is 56.0 Å². The molecular weight excluding hydrogens is 440 g/mol. The van der Waals surface area contributed by atoms with E-state index < -0.39 is 23.4 Å². The third-order valence-corrected chi connectivity index (χ3v) is 13.2. The van der Waals surface area contributed by atoms with Crippen molar-refractivity contribution >= 4 is 0 Å². The number of aliphatic hydroxyl groups is 4. The standard InChI is InChI=1S/C30H48O5/c1-24(2)20(33)8-11-30-16-29(30)13-12-26(5)23(28(7)10-9-21(35-28)25(3,4)34)18(32)15-27(26,6)19(29)14-17(31)22(24)30/h12-13,17-23,31-34H,8-11,14-16H2,1-7H3/t17-,18-,19-,20-,21-,22-,23-,26+,27-,28+,29-,30+/m0/s1. The van der Waals surface area contributed by atoms with Gasteiger partial charge in [-0.25, -0.2) is 0 Å². The smallest absolute Gasteiger partial charge is 0.0865 e. The van der Waals surface area contributed by atoms with E-state index >= 15 is 0 Å². The Kier molecular flexibility index (Phi) is 4.79. The minimum Gasteiger partial charge on any atom is -0.393 e. The second-order valence-corrected chi connectivity index (χ2v) is 15.5. The first kappa shape index (κ1) is 24.9. The van der Waals surface area contributed by atoms with Crippen molar-refractivity contribution in [2.45, 2.75) is 129 Å². The molecule has 2 spiro atoms. The van der Waals surface area contributed by atoms with Gasteiger partial charge in [0.2, 0.25) is 0 Å². The highest BCUT2D eigenvalue weighted by Gasteiger charge is 2.83. The predicted octanol–water partition coefficient (Wildman–Crippen LogP) is 4.21. The Morgan fingerprint density at radius 3 is 2.20 bits per heavy atom. The molecular formula is C30H48O5. The molecule has 6 aliphatic rings. The van der Waals surface area contributed by atoms with Crippen LogP contribution in [0.25, 0.3) is 0 Å². The van der Waals surface area contributed by atoms with Crippen molar-refractivity contribution in [3.8, 4) is 0 Å². The molecule has 198 valence electrons. The first-order valence-corrected chi connectivity index (χ1v) is 14.1. The fraction of sp³-hybridized carbons (Fsp3) is 0.933. The lowest BCUT2D eigenvalue weighted by molar-refractivity contribution is -0.184. The summed E-state index contributed by atoms with van der Waals surface area (Å²) in [6, 6.07) is 0. The number of ether oxygens (including phenoxy) is 1. The van der Waals surface area contributed by atoms with Crippen LogP contribution in [0, 0.1) is 44.8 Å². The van der Waals surface area contributed by atoms with Crippen LogP contribution >= 0.6 is 0 Å². The lowest BCUT2D eigenvalue weighted by Gasteiger charge is -2.62. The van der Waals surface area contributed by atoms with Gasteiger partial charge in [0.25, 0.3) is 0 Å². The van der Waals surface area contributed by atoms with Crippen molar-refractivity contribution in [3.05, 3.63) is 12.2 Å². The van der Waals surface area contributed by atoms with E-state index in [1.165, 1.54) is 0 Å². The summed E-state index contributed by atoms with van der Waals surface area (Å²) in [5.74, 6) is 0.352. The molecule has 5 fully saturated rings. The quantitative estimate of drug-likeness (QED) is 0.437. The summed E-state index contributed by atoms with van der Waals surface area (Å²) in [6.45, 7) is 14.8. The third kappa shape index (κ3) is 2.73. The van der Waals surface area contributed by atoms with E-state index in [-0.39, 0.29) is 51.1 Å². The van der Waals surface area contributed by atoms with E-state index in [1.807, 2.05) is 13.8 Å². The highest BCUT2D eigenvalue weighted by atomic mass is 16.5. The van der Waals surface area contributed by atoms with Crippen LogP contribution in [0.2, 0.25) is 0 Å².